The maximum Gasteiger partial charge on any atom is 0.223 e. The lowest BCUT2D eigenvalue weighted by Crippen LogP contribution is -2.44. The molecule has 0 aliphatic carbocycles. The highest BCUT2D eigenvalue weighted by atomic mass is 16.5. The zero-order valence-corrected chi connectivity index (χ0v) is 15.5. The fourth-order valence-corrected chi connectivity index (χ4v) is 3.97. The van der Waals surface area contributed by atoms with Crippen LogP contribution in [0.2, 0.25) is 0 Å². The number of carbonyl (C=O) groups is 1. The summed E-state index contributed by atoms with van der Waals surface area (Å²) in [4.78, 5) is 15.0. The fourth-order valence-electron chi connectivity index (χ4n) is 3.97. The molecule has 2 N–H and O–H groups in total. The lowest BCUT2D eigenvalue weighted by Gasteiger charge is -2.36. The minimum absolute atomic E-state index is 0.156. The predicted molar refractivity (Wildman–Crippen MR) is 99.6 cm³/mol. The molecule has 1 atom stereocenters. The van der Waals surface area contributed by atoms with Crippen molar-refractivity contribution >= 4 is 5.91 Å². The Morgan fingerprint density at radius 1 is 1.32 bits per heavy atom. The van der Waals surface area contributed by atoms with E-state index >= 15 is 0 Å². The molecule has 5 heteroatoms. The summed E-state index contributed by atoms with van der Waals surface area (Å²) in [6.45, 7) is 8.45. The van der Waals surface area contributed by atoms with Crippen LogP contribution >= 0.6 is 0 Å². The van der Waals surface area contributed by atoms with Crippen molar-refractivity contribution in [2.75, 3.05) is 39.8 Å². The zero-order chi connectivity index (χ0) is 17.7. The van der Waals surface area contributed by atoms with Crippen LogP contribution in [0.5, 0.6) is 5.75 Å². The number of likely N-dealkylation sites (tertiary alicyclic amines) is 1. The Labute approximate surface area is 151 Å². The molecule has 2 fully saturated rings. The normalized spacial score (nSPS) is 25.0. The molecule has 1 amide bonds. The van der Waals surface area contributed by atoms with Gasteiger partial charge in [0, 0.05) is 25.6 Å². The van der Waals surface area contributed by atoms with E-state index in [4.69, 9.17) is 4.74 Å². The first-order valence-electron chi connectivity index (χ1n) is 9.42. The van der Waals surface area contributed by atoms with Gasteiger partial charge in [-0.25, -0.2) is 0 Å². The molecule has 0 bridgehead atoms. The summed E-state index contributed by atoms with van der Waals surface area (Å²) in [6, 6.07) is 7.85. The minimum atomic E-state index is 0.156. The third-order valence-electron chi connectivity index (χ3n) is 5.65. The van der Waals surface area contributed by atoms with Gasteiger partial charge in [-0.3, -0.25) is 4.79 Å². The third-order valence-corrected chi connectivity index (χ3v) is 5.65. The van der Waals surface area contributed by atoms with Crippen LogP contribution in [0.3, 0.4) is 0 Å². The van der Waals surface area contributed by atoms with Crippen LogP contribution < -0.4 is 15.4 Å². The third kappa shape index (κ3) is 4.95. The molecule has 1 aromatic rings. The average Bonchev–Trinajstić information content (AvgIpc) is 3.07. The Morgan fingerprint density at radius 3 is 2.64 bits per heavy atom. The number of benzene rings is 1. The van der Waals surface area contributed by atoms with Crippen LogP contribution in [0.25, 0.3) is 0 Å². The maximum absolute atomic E-state index is 12.4. The second-order valence-corrected chi connectivity index (χ2v) is 7.85. The summed E-state index contributed by atoms with van der Waals surface area (Å²) in [5.74, 6) is 1.20. The highest BCUT2D eigenvalue weighted by molar-refractivity contribution is 5.78. The molecule has 2 aliphatic heterocycles. The van der Waals surface area contributed by atoms with E-state index in [9.17, 15) is 4.79 Å². The molecule has 0 aromatic heterocycles. The molecule has 0 radical (unpaired) electrons. The Morgan fingerprint density at radius 2 is 2.04 bits per heavy atom. The molecule has 0 spiro atoms. The fraction of sp³-hybridized carbons (Fsp3) is 0.650. The first kappa shape index (κ1) is 18.2. The Bertz CT molecular complexity index is 559. The molecule has 2 aliphatic rings. The van der Waals surface area contributed by atoms with Crippen LogP contribution in [0, 0.1) is 11.3 Å². The Kier molecular flexibility index (Phi) is 5.97. The number of hydrogen-bond acceptors (Lipinski definition) is 4. The minimum Gasteiger partial charge on any atom is -0.497 e. The molecular weight excluding hydrogens is 314 g/mol. The number of ether oxygens (including phenoxy) is 1. The van der Waals surface area contributed by atoms with E-state index in [-0.39, 0.29) is 11.8 Å². The van der Waals surface area contributed by atoms with Crippen LogP contribution in [-0.4, -0.2) is 50.6 Å². The van der Waals surface area contributed by atoms with Crippen LogP contribution in [0.1, 0.15) is 31.7 Å². The maximum atomic E-state index is 12.4. The van der Waals surface area contributed by atoms with Crippen LogP contribution in [0.15, 0.2) is 24.3 Å². The number of carbonyl (C=O) groups excluding carboxylic acids is 1. The number of rotatable bonds is 6. The van der Waals surface area contributed by atoms with Gasteiger partial charge in [-0.2, -0.15) is 0 Å². The van der Waals surface area contributed by atoms with Gasteiger partial charge >= 0.3 is 0 Å². The number of hydrogen-bond donors (Lipinski definition) is 2. The molecule has 2 saturated heterocycles. The van der Waals surface area contributed by atoms with E-state index in [1.165, 1.54) is 6.42 Å². The quantitative estimate of drug-likeness (QED) is 0.828. The summed E-state index contributed by atoms with van der Waals surface area (Å²) in [7, 11) is 1.66. The van der Waals surface area contributed by atoms with Gasteiger partial charge in [-0.1, -0.05) is 19.1 Å². The monoisotopic (exact) mass is 345 g/mol. The van der Waals surface area contributed by atoms with E-state index in [1.54, 1.807) is 7.11 Å². The summed E-state index contributed by atoms with van der Waals surface area (Å²) >= 11 is 0. The van der Waals surface area contributed by atoms with Crippen molar-refractivity contribution < 1.29 is 9.53 Å². The molecule has 138 valence electrons. The van der Waals surface area contributed by atoms with Crippen molar-refractivity contribution in [3.8, 4) is 5.75 Å². The van der Waals surface area contributed by atoms with Gasteiger partial charge < -0.3 is 20.3 Å². The first-order valence-corrected chi connectivity index (χ1v) is 9.42. The number of methoxy groups -OCH3 is 1. The Hall–Kier alpha value is -1.59. The van der Waals surface area contributed by atoms with Crippen molar-refractivity contribution in [1.29, 1.82) is 0 Å². The summed E-state index contributed by atoms with van der Waals surface area (Å²) in [5, 5.41) is 6.56. The molecule has 1 unspecified atom stereocenters. The largest absolute Gasteiger partial charge is 0.497 e. The van der Waals surface area contributed by atoms with E-state index in [0.29, 0.717) is 12.0 Å². The smallest absolute Gasteiger partial charge is 0.223 e. The molecule has 1 aromatic carbocycles. The van der Waals surface area contributed by atoms with Crippen molar-refractivity contribution in [3.63, 3.8) is 0 Å². The van der Waals surface area contributed by atoms with Crippen molar-refractivity contribution in [3.05, 3.63) is 29.8 Å². The van der Waals surface area contributed by atoms with Gasteiger partial charge in [0.15, 0.2) is 0 Å². The molecule has 0 saturated carbocycles. The second-order valence-electron chi connectivity index (χ2n) is 7.85. The topological polar surface area (TPSA) is 53.6 Å². The van der Waals surface area contributed by atoms with Gasteiger partial charge in [-0.05, 0) is 62.0 Å². The number of amides is 1. The zero-order valence-electron chi connectivity index (χ0n) is 15.5. The van der Waals surface area contributed by atoms with E-state index in [2.05, 4.69) is 22.5 Å². The predicted octanol–water partition coefficient (Wildman–Crippen LogP) is 2.02. The molecular formula is C20H31N3O2. The van der Waals surface area contributed by atoms with E-state index in [0.717, 1.165) is 56.9 Å². The lowest BCUT2D eigenvalue weighted by atomic mass is 9.87. The summed E-state index contributed by atoms with van der Waals surface area (Å²) in [6.07, 6.45) is 3.20. The van der Waals surface area contributed by atoms with Crippen molar-refractivity contribution in [1.82, 2.24) is 15.5 Å². The lowest BCUT2D eigenvalue weighted by molar-refractivity contribution is -0.126. The number of nitrogens with zero attached hydrogens (tertiary/aromatic N) is 1. The number of piperidine rings is 1. The van der Waals surface area contributed by atoms with E-state index < -0.39 is 0 Å². The second kappa shape index (κ2) is 8.19. The van der Waals surface area contributed by atoms with Gasteiger partial charge in [0.05, 0.1) is 7.11 Å². The summed E-state index contributed by atoms with van der Waals surface area (Å²) < 4.78 is 5.16. The van der Waals surface area contributed by atoms with Gasteiger partial charge in [0.25, 0.3) is 0 Å². The average molecular weight is 345 g/mol. The SMILES string of the molecule is COc1ccc(CNC(=O)C2CCN(CC3(C)CCNC3)CC2)cc1. The van der Waals surface area contributed by atoms with Crippen molar-refractivity contribution in [2.24, 2.45) is 11.3 Å². The van der Waals surface area contributed by atoms with Crippen molar-refractivity contribution in [2.45, 2.75) is 32.7 Å². The van der Waals surface area contributed by atoms with Crippen LogP contribution in [-0.2, 0) is 11.3 Å². The molecule has 5 nitrogen and oxygen atoms in total. The summed E-state index contributed by atoms with van der Waals surface area (Å²) in [5.41, 5.74) is 1.51. The standard InChI is InChI=1S/C20H31N3O2/c1-20(9-10-21-14-20)15-23-11-7-17(8-12-23)19(24)22-13-16-3-5-18(25-2)6-4-16/h3-6,17,21H,7-15H2,1-2H3,(H,22,24). The van der Waals surface area contributed by atoms with Crippen LogP contribution in [0.4, 0.5) is 0 Å². The highest BCUT2D eigenvalue weighted by Gasteiger charge is 2.33. The molecule has 2 heterocycles. The van der Waals surface area contributed by atoms with E-state index in [1.807, 2.05) is 24.3 Å². The Balaban J connectivity index is 1.40. The van der Waals surface area contributed by atoms with Gasteiger partial charge in [0.2, 0.25) is 5.91 Å². The molecule has 25 heavy (non-hydrogen) atoms. The highest BCUT2D eigenvalue weighted by Crippen LogP contribution is 2.28. The molecule has 3 rings (SSSR count). The number of nitrogens with one attached hydrogen (secondary N) is 2. The van der Waals surface area contributed by atoms with Gasteiger partial charge in [-0.15, -0.1) is 0 Å². The van der Waals surface area contributed by atoms with Gasteiger partial charge in [0.1, 0.15) is 5.75 Å². The first-order chi connectivity index (χ1) is 12.1.